The summed E-state index contributed by atoms with van der Waals surface area (Å²) >= 11 is 4.41. The SMILES string of the molecule is CCC(NS(=O)(=O)c1sccc1Br)c1ncc[nH]1. The van der Waals surface area contributed by atoms with E-state index in [0.717, 1.165) is 0 Å². The smallest absolute Gasteiger partial charge is 0.251 e. The van der Waals surface area contributed by atoms with Crippen LogP contribution >= 0.6 is 27.3 Å². The molecule has 8 heteroatoms. The molecule has 2 rings (SSSR count). The molecule has 2 aromatic rings. The Labute approximate surface area is 118 Å². The number of aromatic amines is 1. The fourth-order valence-electron chi connectivity index (χ4n) is 1.51. The molecule has 0 spiro atoms. The number of thiophene rings is 1. The van der Waals surface area contributed by atoms with Crippen molar-refractivity contribution in [2.45, 2.75) is 23.6 Å². The number of imidazole rings is 1. The topological polar surface area (TPSA) is 74.8 Å². The molecule has 0 amide bonds. The first-order valence-electron chi connectivity index (χ1n) is 5.29. The van der Waals surface area contributed by atoms with Crippen LogP contribution in [0.25, 0.3) is 0 Å². The number of hydrogen-bond acceptors (Lipinski definition) is 4. The Morgan fingerprint density at radius 3 is 2.89 bits per heavy atom. The molecule has 98 valence electrons. The van der Waals surface area contributed by atoms with E-state index in [0.29, 0.717) is 16.7 Å². The summed E-state index contributed by atoms with van der Waals surface area (Å²) in [5.41, 5.74) is 0. The van der Waals surface area contributed by atoms with E-state index in [2.05, 4.69) is 30.6 Å². The zero-order chi connectivity index (χ0) is 13.2. The minimum atomic E-state index is -3.52. The third kappa shape index (κ3) is 2.82. The molecule has 0 saturated heterocycles. The highest BCUT2D eigenvalue weighted by molar-refractivity contribution is 9.10. The molecule has 0 bridgehead atoms. The molecule has 0 aliphatic heterocycles. The summed E-state index contributed by atoms with van der Waals surface area (Å²) in [7, 11) is -3.52. The number of halogens is 1. The summed E-state index contributed by atoms with van der Waals surface area (Å²) in [5, 5.41) is 1.73. The van der Waals surface area contributed by atoms with E-state index in [-0.39, 0.29) is 10.3 Å². The van der Waals surface area contributed by atoms with Crippen LogP contribution in [0, 0.1) is 0 Å². The maximum Gasteiger partial charge on any atom is 0.251 e. The van der Waals surface area contributed by atoms with Gasteiger partial charge in [0.15, 0.2) is 0 Å². The zero-order valence-electron chi connectivity index (χ0n) is 9.55. The normalized spacial score (nSPS) is 13.7. The molecular formula is C10H12BrN3O2S2. The minimum Gasteiger partial charge on any atom is -0.347 e. The van der Waals surface area contributed by atoms with E-state index in [9.17, 15) is 8.42 Å². The molecule has 0 radical (unpaired) electrons. The van der Waals surface area contributed by atoms with Crippen molar-refractivity contribution in [3.05, 3.63) is 34.1 Å². The second-order valence-corrected chi connectivity index (χ2v) is 7.29. The number of nitrogens with zero attached hydrogens (tertiary/aromatic N) is 1. The number of rotatable bonds is 5. The Kier molecular flexibility index (Phi) is 4.21. The Balaban J connectivity index is 2.25. The predicted octanol–water partition coefficient (Wildman–Crippen LogP) is 2.66. The molecule has 0 fully saturated rings. The lowest BCUT2D eigenvalue weighted by Crippen LogP contribution is -2.28. The summed E-state index contributed by atoms with van der Waals surface area (Å²) in [6.45, 7) is 1.90. The van der Waals surface area contributed by atoms with Gasteiger partial charge in [0.05, 0.1) is 6.04 Å². The lowest BCUT2D eigenvalue weighted by atomic mass is 10.2. The molecule has 0 aliphatic rings. The number of hydrogen-bond donors (Lipinski definition) is 2. The van der Waals surface area contributed by atoms with Gasteiger partial charge in [-0.1, -0.05) is 6.92 Å². The van der Waals surface area contributed by atoms with Gasteiger partial charge >= 0.3 is 0 Å². The van der Waals surface area contributed by atoms with E-state index < -0.39 is 10.0 Å². The van der Waals surface area contributed by atoms with Crippen molar-refractivity contribution in [2.24, 2.45) is 0 Å². The highest BCUT2D eigenvalue weighted by Gasteiger charge is 2.24. The molecule has 18 heavy (non-hydrogen) atoms. The van der Waals surface area contributed by atoms with Crippen LogP contribution in [0.2, 0.25) is 0 Å². The maximum atomic E-state index is 12.2. The van der Waals surface area contributed by atoms with Gasteiger partial charge in [-0.15, -0.1) is 11.3 Å². The Bertz CT molecular complexity index is 607. The summed E-state index contributed by atoms with van der Waals surface area (Å²) in [5.74, 6) is 0.619. The lowest BCUT2D eigenvalue weighted by Gasteiger charge is -2.14. The van der Waals surface area contributed by atoms with E-state index >= 15 is 0 Å². The van der Waals surface area contributed by atoms with Gasteiger partial charge in [-0.2, -0.15) is 4.72 Å². The average molecular weight is 350 g/mol. The van der Waals surface area contributed by atoms with Crippen LogP contribution in [0.3, 0.4) is 0 Å². The fraction of sp³-hybridized carbons (Fsp3) is 0.300. The molecule has 2 N–H and O–H groups in total. The third-order valence-corrected chi connectivity index (χ3v) is 6.53. The summed E-state index contributed by atoms with van der Waals surface area (Å²) in [6.07, 6.45) is 3.90. The highest BCUT2D eigenvalue weighted by atomic mass is 79.9. The zero-order valence-corrected chi connectivity index (χ0v) is 12.8. The molecule has 5 nitrogen and oxygen atoms in total. The molecule has 2 heterocycles. The lowest BCUT2D eigenvalue weighted by molar-refractivity contribution is 0.540. The van der Waals surface area contributed by atoms with E-state index in [1.54, 1.807) is 23.8 Å². The van der Waals surface area contributed by atoms with Crippen molar-refractivity contribution < 1.29 is 8.42 Å². The first-order chi connectivity index (χ1) is 8.54. The van der Waals surface area contributed by atoms with Crippen LogP contribution in [0.5, 0.6) is 0 Å². The van der Waals surface area contributed by atoms with E-state index in [1.165, 1.54) is 11.3 Å². The molecule has 1 atom stereocenters. The van der Waals surface area contributed by atoms with Crippen molar-refractivity contribution >= 4 is 37.3 Å². The van der Waals surface area contributed by atoms with Crippen LogP contribution in [0.1, 0.15) is 25.2 Å². The molecule has 2 aromatic heterocycles. The van der Waals surface area contributed by atoms with Crippen LogP contribution in [-0.2, 0) is 10.0 Å². The van der Waals surface area contributed by atoms with Crippen molar-refractivity contribution in [1.29, 1.82) is 0 Å². The first-order valence-corrected chi connectivity index (χ1v) is 8.44. The first kappa shape index (κ1) is 13.7. The van der Waals surface area contributed by atoms with Crippen molar-refractivity contribution in [3.63, 3.8) is 0 Å². The van der Waals surface area contributed by atoms with Crippen molar-refractivity contribution in [3.8, 4) is 0 Å². The largest absolute Gasteiger partial charge is 0.347 e. The van der Waals surface area contributed by atoms with Gasteiger partial charge in [0.1, 0.15) is 10.0 Å². The number of H-pyrrole nitrogens is 1. The Morgan fingerprint density at radius 1 is 1.61 bits per heavy atom. The van der Waals surface area contributed by atoms with Crippen molar-refractivity contribution in [1.82, 2.24) is 14.7 Å². The molecule has 0 saturated carbocycles. The van der Waals surface area contributed by atoms with Gasteiger partial charge in [-0.05, 0) is 33.8 Å². The molecular weight excluding hydrogens is 338 g/mol. The maximum absolute atomic E-state index is 12.2. The standard InChI is InChI=1S/C10H12BrN3O2S2/c1-2-8(9-12-4-5-13-9)14-18(15,16)10-7(11)3-6-17-10/h3-6,8,14H,2H2,1H3,(H,12,13). The number of sulfonamides is 1. The van der Waals surface area contributed by atoms with Crippen LogP contribution in [0.15, 0.2) is 32.5 Å². The number of nitrogens with one attached hydrogen (secondary N) is 2. The Hall–Kier alpha value is -0.700. The summed E-state index contributed by atoms with van der Waals surface area (Å²) < 4.78 is 27.9. The van der Waals surface area contributed by atoms with Gasteiger partial charge in [0.2, 0.25) is 0 Å². The fourth-order valence-corrected chi connectivity index (χ4v) is 5.15. The third-order valence-electron chi connectivity index (χ3n) is 2.38. The summed E-state index contributed by atoms with van der Waals surface area (Å²) in [4.78, 5) is 7.01. The molecule has 0 aromatic carbocycles. The molecule has 1 unspecified atom stereocenters. The Morgan fingerprint density at radius 2 is 2.39 bits per heavy atom. The van der Waals surface area contributed by atoms with E-state index in [4.69, 9.17) is 0 Å². The van der Waals surface area contributed by atoms with Gasteiger partial charge in [0, 0.05) is 16.9 Å². The monoisotopic (exact) mass is 349 g/mol. The van der Waals surface area contributed by atoms with Crippen LogP contribution in [-0.4, -0.2) is 18.4 Å². The van der Waals surface area contributed by atoms with Crippen molar-refractivity contribution in [2.75, 3.05) is 0 Å². The van der Waals surface area contributed by atoms with Gasteiger partial charge < -0.3 is 4.98 Å². The van der Waals surface area contributed by atoms with Gasteiger partial charge in [-0.3, -0.25) is 0 Å². The van der Waals surface area contributed by atoms with E-state index in [1.807, 2.05) is 6.92 Å². The quantitative estimate of drug-likeness (QED) is 0.871. The van der Waals surface area contributed by atoms with Gasteiger partial charge in [-0.25, -0.2) is 13.4 Å². The van der Waals surface area contributed by atoms with Gasteiger partial charge in [0.25, 0.3) is 10.0 Å². The second kappa shape index (κ2) is 5.52. The minimum absolute atomic E-state index is 0.285. The number of aromatic nitrogens is 2. The predicted molar refractivity (Wildman–Crippen MR) is 74.0 cm³/mol. The second-order valence-electron chi connectivity index (χ2n) is 3.61. The molecule has 0 aliphatic carbocycles. The van der Waals surface area contributed by atoms with Crippen LogP contribution < -0.4 is 4.72 Å². The van der Waals surface area contributed by atoms with Crippen LogP contribution in [0.4, 0.5) is 0 Å². The summed E-state index contributed by atoms with van der Waals surface area (Å²) in [6, 6.07) is 1.37. The highest BCUT2D eigenvalue weighted by Crippen LogP contribution is 2.28. The average Bonchev–Trinajstić information content (AvgIpc) is 2.96.